The van der Waals surface area contributed by atoms with E-state index in [1.165, 1.54) is 41.7 Å². The predicted octanol–water partition coefficient (Wildman–Crippen LogP) is 4.44. The molecule has 6 nitrogen and oxygen atoms in total. The Morgan fingerprint density at radius 2 is 1.77 bits per heavy atom. The van der Waals surface area contributed by atoms with E-state index >= 15 is 0 Å². The van der Waals surface area contributed by atoms with E-state index in [0.29, 0.717) is 9.82 Å². The minimum absolute atomic E-state index is 0.0746. The third kappa shape index (κ3) is 4.16. The normalized spacial score (nSPS) is 12.3. The number of carbonyl (C=O) groups excluding carboxylic acids is 1. The Morgan fingerprint density at radius 1 is 1.03 bits per heavy atom. The number of fused-ring (bicyclic) bond motifs is 1. The van der Waals surface area contributed by atoms with E-state index in [4.69, 9.17) is 11.6 Å². The molecule has 4 aromatic rings. The highest BCUT2D eigenvalue weighted by Gasteiger charge is 2.15. The quantitative estimate of drug-likeness (QED) is 0.492. The molecule has 0 aliphatic heterocycles. The van der Waals surface area contributed by atoms with Crippen LogP contribution in [-0.2, 0) is 17.1 Å². The molecule has 1 N–H and O–H groups in total. The van der Waals surface area contributed by atoms with Gasteiger partial charge in [-0.2, -0.15) is 4.99 Å². The second-order valence-electron chi connectivity index (χ2n) is 6.47. The average molecular weight is 458 g/mol. The number of benzene rings is 3. The van der Waals surface area contributed by atoms with Crippen molar-refractivity contribution < 1.29 is 13.2 Å². The molecule has 4 rings (SSSR count). The lowest BCUT2D eigenvalue weighted by molar-refractivity contribution is 0.0998. The maximum absolute atomic E-state index is 12.7. The van der Waals surface area contributed by atoms with E-state index in [0.717, 1.165) is 10.2 Å². The van der Waals surface area contributed by atoms with E-state index in [1.807, 2.05) is 35.9 Å². The number of amides is 1. The fraction of sp³-hybridized carbons (Fsp3) is 0.0476. The first-order valence-electron chi connectivity index (χ1n) is 8.85. The third-order valence-electron chi connectivity index (χ3n) is 4.40. The number of aromatic nitrogens is 1. The molecule has 0 radical (unpaired) electrons. The minimum Gasteiger partial charge on any atom is -0.319 e. The lowest BCUT2D eigenvalue weighted by Crippen LogP contribution is -2.14. The van der Waals surface area contributed by atoms with Crippen LogP contribution in [0.1, 0.15) is 10.4 Å². The summed E-state index contributed by atoms with van der Waals surface area (Å²) in [4.78, 5) is 17.6. The standard InChI is InChI=1S/C21H16ClN3O3S2/c1-25-18-7-2-3-8-19(18)29-21(25)23-20(26)14-5-4-6-16(13-14)24-30(27,28)17-11-9-15(22)10-12-17/h2-13,24H,1H3. The number of nitrogens with zero attached hydrogens (tertiary/aromatic N) is 2. The van der Waals surface area contributed by atoms with Crippen LogP contribution in [0.25, 0.3) is 10.2 Å². The zero-order chi connectivity index (χ0) is 21.3. The van der Waals surface area contributed by atoms with Crippen LogP contribution in [0.15, 0.2) is 82.7 Å². The van der Waals surface area contributed by atoms with Gasteiger partial charge >= 0.3 is 0 Å². The molecule has 152 valence electrons. The summed E-state index contributed by atoms with van der Waals surface area (Å²) in [7, 11) is -1.96. The van der Waals surface area contributed by atoms with Crippen LogP contribution in [0.2, 0.25) is 5.02 Å². The maximum atomic E-state index is 12.7. The van der Waals surface area contributed by atoms with Crippen LogP contribution in [-0.4, -0.2) is 18.9 Å². The Labute approximate surface area is 182 Å². The molecule has 1 aromatic heterocycles. The molecule has 0 fully saturated rings. The zero-order valence-electron chi connectivity index (χ0n) is 15.7. The number of rotatable bonds is 4. The van der Waals surface area contributed by atoms with Gasteiger partial charge in [-0.1, -0.05) is 41.1 Å². The van der Waals surface area contributed by atoms with Crippen LogP contribution in [0, 0.1) is 0 Å². The molecular weight excluding hydrogens is 442 g/mol. The van der Waals surface area contributed by atoms with Crippen molar-refractivity contribution in [2.24, 2.45) is 12.0 Å². The van der Waals surface area contributed by atoms with E-state index < -0.39 is 15.9 Å². The number of carbonyl (C=O) groups is 1. The molecule has 0 atom stereocenters. The van der Waals surface area contributed by atoms with Gasteiger partial charge < -0.3 is 4.57 Å². The Bertz CT molecular complexity index is 1420. The molecule has 9 heteroatoms. The number of thiazole rings is 1. The number of anilines is 1. The molecule has 0 bridgehead atoms. The fourth-order valence-corrected chi connectivity index (χ4v) is 5.08. The topological polar surface area (TPSA) is 80.5 Å². The average Bonchev–Trinajstić information content (AvgIpc) is 3.04. The molecule has 30 heavy (non-hydrogen) atoms. The van der Waals surface area contributed by atoms with Gasteiger partial charge in [0.25, 0.3) is 15.9 Å². The maximum Gasteiger partial charge on any atom is 0.279 e. The Morgan fingerprint density at radius 3 is 2.50 bits per heavy atom. The second kappa shape index (κ2) is 8.06. The van der Waals surface area contributed by atoms with E-state index in [1.54, 1.807) is 18.2 Å². The molecule has 3 aromatic carbocycles. The predicted molar refractivity (Wildman–Crippen MR) is 119 cm³/mol. The molecule has 0 spiro atoms. The highest BCUT2D eigenvalue weighted by Crippen LogP contribution is 2.20. The van der Waals surface area contributed by atoms with Gasteiger partial charge in [0.15, 0.2) is 4.80 Å². The highest BCUT2D eigenvalue weighted by molar-refractivity contribution is 7.92. The van der Waals surface area contributed by atoms with Gasteiger partial charge in [-0.25, -0.2) is 8.42 Å². The molecule has 1 heterocycles. The summed E-state index contributed by atoms with van der Waals surface area (Å²) in [5.74, 6) is -0.454. The Balaban J connectivity index is 1.63. The van der Waals surface area contributed by atoms with Crippen LogP contribution in [0.3, 0.4) is 0 Å². The summed E-state index contributed by atoms with van der Waals surface area (Å²) in [5, 5.41) is 0.442. The van der Waals surface area contributed by atoms with Crippen molar-refractivity contribution in [3.8, 4) is 0 Å². The lowest BCUT2D eigenvalue weighted by Gasteiger charge is -2.09. The summed E-state index contributed by atoms with van der Waals surface area (Å²) in [5.41, 5.74) is 1.54. The summed E-state index contributed by atoms with van der Waals surface area (Å²) < 4.78 is 30.5. The molecule has 1 amide bonds. The van der Waals surface area contributed by atoms with Crippen LogP contribution in [0.4, 0.5) is 5.69 Å². The number of hydrogen-bond donors (Lipinski definition) is 1. The van der Waals surface area contributed by atoms with E-state index in [9.17, 15) is 13.2 Å². The molecule has 0 unspecified atom stereocenters. The number of halogens is 1. The summed E-state index contributed by atoms with van der Waals surface area (Å²) in [6, 6.07) is 19.9. The largest absolute Gasteiger partial charge is 0.319 e. The van der Waals surface area contributed by atoms with Crippen molar-refractivity contribution in [1.29, 1.82) is 0 Å². The number of aryl methyl sites for hydroxylation is 1. The lowest BCUT2D eigenvalue weighted by atomic mass is 10.2. The van der Waals surface area contributed by atoms with Crippen molar-refractivity contribution >= 4 is 54.8 Å². The van der Waals surface area contributed by atoms with Gasteiger partial charge in [-0.05, 0) is 54.6 Å². The highest BCUT2D eigenvalue weighted by atomic mass is 35.5. The Hall–Kier alpha value is -2.94. The minimum atomic E-state index is -3.81. The summed E-state index contributed by atoms with van der Waals surface area (Å²) in [6.45, 7) is 0. The van der Waals surface area contributed by atoms with Crippen molar-refractivity contribution in [3.63, 3.8) is 0 Å². The number of hydrogen-bond acceptors (Lipinski definition) is 4. The van der Waals surface area contributed by atoms with Gasteiger partial charge in [0.1, 0.15) is 0 Å². The molecule has 0 aliphatic rings. The van der Waals surface area contributed by atoms with Crippen molar-refractivity contribution in [2.45, 2.75) is 4.90 Å². The van der Waals surface area contributed by atoms with E-state index in [2.05, 4.69) is 9.71 Å². The number of para-hydroxylation sites is 1. The van der Waals surface area contributed by atoms with Gasteiger partial charge in [-0.3, -0.25) is 9.52 Å². The van der Waals surface area contributed by atoms with Crippen molar-refractivity contribution in [3.05, 3.63) is 88.2 Å². The SMILES string of the molecule is Cn1c(=NC(=O)c2cccc(NS(=O)(=O)c3ccc(Cl)cc3)c2)sc2ccccc21. The first-order chi connectivity index (χ1) is 14.3. The molecule has 0 saturated heterocycles. The van der Waals surface area contributed by atoms with Gasteiger partial charge in [-0.15, -0.1) is 0 Å². The first-order valence-corrected chi connectivity index (χ1v) is 11.5. The monoisotopic (exact) mass is 457 g/mol. The van der Waals surface area contributed by atoms with Crippen molar-refractivity contribution in [2.75, 3.05) is 4.72 Å². The van der Waals surface area contributed by atoms with E-state index in [-0.39, 0.29) is 16.1 Å². The molecular formula is C21H16ClN3O3S2. The number of nitrogens with one attached hydrogen (secondary N) is 1. The molecule has 0 aliphatic carbocycles. The second-order valence-corrected chi connectivity index (χ2v) is 9.60. The smallest absolute Gasteiger partial charge is 0.279 e. The van der Waals surface area contributed by atoms with Crippen LogP contribution in [0.5, 0.6) is 0 Å². The first kappa shape index (κ1) is 20.3. The zero-order valence-corrected chi connectivity index (χ0v) is 18.1. The van der Waals surface area contributed by atoms with Gasteiger partial charge in [0, 0.05) is 23.3 Å². The van der Waals surface area contributed by atoms with Gasteiger partial charge in [0.05, 0.1) is 15.1 Å². The Kier molecular flexibility index (Phi) is 5.46. The number of sulfonamides is 1. The molecule has 0 saturated carbocycles. The van der Waals surface area contributed by atoms with Crippen LogP contribution < -0.4 is 9.52 Å². The fourth-order valence-electron chi connectivity index (χ4n) is 2.88. The van der Waals surface area contributed by atoms with Crippen LogP contribution >= 0.6 is 22.9 Å². The summed E-state index contributed by atoms with van der Waals surface area (Å²) >= 11 is 7.23. The van der Waals surface area contributed by atoms with Gasteiger partial charge in [0.2, 0.25) is 0 Å². The van der Waals surface area contributed by atoms with Crippen molar-refractivity contribution in [1.82, 2.24) is 4.57 Å². The summed E-state index contributed by atoms with van der Waals surface area (Å²) in [6.07, 6.45) is 0. The third-order valence-corrected chi connectivity index (χ3v) is 7.16.